The van der Waals surface area contributed by atoms with Gasteiger partial charge in [0.25, 0.3) is 0 Å². The molecule has 72 valence electrons. The minimum absolute atomic E-state index is 0.879. The standard InChI is InChI=1S/C11H12N2S/c1-9-4-5-11(14-9)8-13-10-3-2-6-12-7-10/h2-7,13H,8H2,1H3. The Morgan fingerprint density at radius 3 is 2.93 bits per heavy atom. The van der Waals surface area contributed by atoms with E-state index in [0.717, 1.165) is 12.2 Å². The molecule has 2 aromatic rings. The summed E-state index contributed by atoms with van der Waals surface area (Å²) in [5, 5.41) is 3.32. The third kappa shape index (κ3) is 2.33. The first kappa shape index (κ1) is 9.21. The van der Waals surface area contributed by atoms with Crippen LogP contribution in [0.2, 0.25) is 0 Å². The zero-order valence-corrected chi connectivity index (χ0v) is 8.84. The van der Waals surface area contributed by atoms with Gasteiger partial charge in [-0.1, -0.05) is 0 Å². The summed E-state index contributed by atoms with van der Waals surface area (Å²) in [5.74, 6) is 0. The maximum absolute atomic E-state index is 4.04. The van der Waals surface area contributed by atoms with Crippen molar-refractivity contribution in [2.24, 2.45) is 0 Å². The molecule has 1 N–H and O–H groups in total. The normalized spacial score (nSPS) is 10.1. The number of aromatic nitrogens is 1. The summed E-state index contributed by atoms with van der Waals surface area (Å²) in [6.45, 7) is 3.00. The fourth-order valence-corrected chi connectivity index (χ4v) is 2.07. The predicted molar refractivity (Wildman–Crippen MR) is 60.6 cm³/mol. The molecule has 0 bridgehead atoms. The predicted octanol–water partition coefficient (Wildman–Crippen LogP) is 3.06. The molecule has 14 heavy (non-hydrogen) atoms. The third-order valence-corrected chi connectivity index (χ3v) is 2.92. The molecule has 0 radical (unpaired) electrons. The van der Waals surface area contributed by atoms with Crippen molar-refractivity contribution in [3.8, 4) is 0 Å². The fourth-order valence-electron chi connectivity index (χ4n) is 1.24. The van der Waals surface area contributed by atoms with Gasteiger partial charge in [-0.3, -0.25) is 4.98 Å². The number of thiophene rings is 1. The smallest absolute Gasteiger partial charge is 0.0529 e. The maximum atomic E-state index is 4.04. The molecule has 0 spiro atoms. The Bertz CT molecular complexity index is 395. The lowest BCUT2D eigenvalue weighted by Gasteiger charge is -2.02. The van der Waals surface area contributed by atoms with Gasteiger partial charge in [0, 0.05) is 28.7 Å². The van der Waals surface area contributed by atoms with E-state index < -0.39 is 0 Å². The highest BCUT2D eigenvalue weighted by Gasteiger charge is 1.96. The van der Waals surface area contributed by atoms with E-state index in [1.807, 2.05) is 29.7 Å². The Morgan fingerprint density at radius 2 is 2.29 bits per heavy atom. The average molecular weight is 204 g/mol. The molecule has 0 unspecified atom stereocenters. The van der Waals surface area contributed by atoms with Crippen LogP contribution in [0.15, 0.2) is 36.7 Å². The lowest BCUT2D eigenvalue weighted by molar-refractivity contribution is 1.17. The van der Waals surface area contributed by atoms with E-state index in [-0.39, 0.29) is 0 Å². The maximum Gasteiger partial charge on any atom is 0.0529 e. The Morgan fingerprint density at radius 1 is 1.36 bits per heavy atom. The summed E-state index contributed by atoms with van der Waals surface area (Å²) in [7, 11) is 0. The second kappa shape index (κ2) is 4.24. The van der Waals surface area contributed by atoms with Crippen LogP contribution in [0.3, 0.4) is 0 Å². The van der Waals surface area contributed by atoms with Crippen LogP contribution in [0.1, 0.15) is 9.75 Å². The van der Waals surface area contributed by atoms with Gasteiger partial charge in [-0.15, -0.1) is 11.3 Å². The largest absolute Gasteiger partial charge is 0.379 e. The molecule has 0 aliphatic rings. The van der Waals surface area contributed by atoms with Gasteiger partial charge < -0.3 is 5.32 Å². The molecular formula is C11H12N2S. The third-order valence-electron chi connectivity index (χ3n) is 1.92. The van der Waals surface area contributed by atoms with Crippen LogP contribution in [0, 0.1) is 6.92 Å². The van der Waals surface area contributed by atoms with E-state index in [1.54, 1.807) is 6.20 Å². The van der Waals surface area contributed by atoms with Gasteiger partial charge in [0.1, 0.15) is 0 Å². The lowest BCUT2D eigenvalue weighted by atomic mass is 10.4. The quantitative estimate of drug-likeness (QED) is 0.831. The summed E-state index contributed by atoms with van der Waals surface area (Å²) < 4.78 is 0. The Labute approximate surface area is 87.6 Å². The SMILES string of the molecule is Cc1ccc(CNc2cccnc2)s1. The number of anilines is 1. The first-order valence-corrected chi connectivity index (χ1v) is 5.35. The van der Waals surface area contributed by atoms with Crippen molar-refractivity contribution in [2.45, 2.75) is 13.5 Å². The zero-order chi connectivity index (χ0) is 9.80. The highest BCUT2D eigenvalue weighted by molar-refractivity contribution is 7.11. The van der Waals surface area contributed by atoms with Gasteiger partial charge in [0.15, 0.2) is 0 Å². The minimum atomic E-state index is 0.879. The minimum Gasteiger partial charge on any atom is -0.379 e. The number of pyridine rings is 1. The molecule has 0 saturated carbocycles. The van der Waals surface area contributed by atoms with Crippen LogP contribution in [-0.2, 0) is 6.54 Å². The van der Waals surface area contributed by atoms with E-state index in [9.17, 15) is 0 Å². The molecule has 0 amide bonds. The van der Waals surface area contributed by atoms with Gasteiger partial charge in [-0.2, -0.15) is 0 Å². The highest BCUT2D eigenvalue weighted by Crippen LogP contribution is 2.16. The molecule has 2 heterocycles. The molecule has 0 aliphatic carbocycles. The van der Waals surface area contributed by atoms with Crippen molar-refractivity contribution < 1.29 is 0 Å². The van der Waals surface area contributed by atoms with Crippen molar-refractivity contribution in [3.63, 3.8) is 0 Å². The molecule has 2 rings (SSSR count). The van der Waals surface area contributed by atoms with Crippen LogP contribution in [-0.4, -0.2) is 4.98 Å². The van der Waals surface area contributed by atoms with Crippen molar-refractivity contribution in [1.29, 1.82) is 0 Å². The Hall–Kier alpha value is -1.35. The molecule has 0 fully saturated rings. The molecule has 2 nitrogen and oxygen atoms in total. The Kier molecular flexibility index (Phi) is 2.79. The lowest BCUT2D eigenvalue weighted by Crippen LogP contribution is -1.96. The summed E-state index contributed by atoms with van der Waals surface area (Å²) in [6.07, 6.45) is 3.61. The van der Waals surface area contributed by atoms with E-state index in [1.165, 1.54) is 9.75 Å². The van der Waals surface area contributed by atoms with Gasteiger partial charge >= 0.3 is 0 Å². The summed E-state index contributed by atoms with van der Waals surface area (Å²) in [6, 6.07) is 8.25. The molecule has 0 aromatic carbocycles. The second-order valence-electron chi connectivity index (χ2n) is 3.11. The van der Waals surface area contributed by atoms with Gasteiger partial charge in [-0.05, 0) is 31.2 Å². The molecule has 0 atom stereocenters. The van der Waals surface area contributed by atoms with E-state index in [4.69, 9.17) is 0 Å². The van der Waals surface area contributed by atoms with Crippen LogP contribution in [0.5, 0.6) is 0 Å². The molecular weight excluding hydrogens is 192 g/mol. The summed E-state index contributed by atoms with van der Waals surface area (Å²) in [4.78, 5) is 6.75. The zero-order valence-electron chi connectivity index (χ0n) is 8.03. The summed E-state index contributed by atoms with van der Waals surface area (Å²) in [5.41, 5.74) is 1.07. The molecule has 2 aromatic heterocycles. The summed E-state index contributed by atoms with van der Waals surface area (Å²) >= 11 is 1.82. The van der Waals surface area contributed by atoms with Gasteiger partial charge in [0.05, 0.1) is 5.69 Å². The number of nitrogens with zero attached hydrogens (tertiary/aromatic N) is 1. The van der Waals surface area contributed by atoms with Crippen LogP contribution in [0.4, 0.5) is 5.69 Å². The van der Waals surface area contributed by atoms with Crippen LogP contribution >= 0.6 is 11.3 Å². The average Bonchev–Trinajstić information content (AvgIpc) is 2.63. The molecule has 3 heteroatoms. The topological polar surface area (TPSA) is 24.9 Å². The van der Waals surface area contributed by atoms with Crippen molar-refractivity contribution in [3.05, 3.63) is 46.4 Å². The van der Waals surface area contributed by atoms with Crippen molar-refractivity contribution in [1.82, 2.24) is 4.98 Å². The molecule has 0 saturated heterocycles. The fraction of sp³-hybridized carbons (Fsp3) is 0.182. The monoisotopic (exact) mass is 204 g/mol. The van der Waals surface area contributed by atoms with Crippen LogP contribution < -0.4 is 5.32 Å². The van der Waals surface area contributed by atoms with E-state index >= 15 is 0 Å². The van der Waals surface area contributed by atoms with E-state index in [2.05, 4.69) is 29.4 Å². The number of hydrogen-bond acceptors (Lipinski definition) is 3. The van der Waals surface area contributed by atoms with Crippen LogP contribution in [0.25, 0.3) is 0 Å². The molecule has 0 aliphatic heterocycles. The number of aryl methyl sites for hydroxylation is 1. The van der Waals surface area contributed by atoms with E-state index in [0.29, 0.717) is 0 Å². The van der Waals surface area contributed by atoms with Gasteiger partial charge in [-0.25, -0.2) is 0 Å². The Balaban J connectivity index is 1.95. The number of hydrogen-bond donors (Lipinski definition) is 1. The number of rotatable bonds is 3. The first-order valence-electron chi connectivity index (χ1n) is 4.54. The second-order valence-corrected chi connectivity index (χ2v) is 4.48. The number of nitrogens with one attached hydrogen (secondary N) is 1. The van der Waals surface area contributed by atoms with Crippen molar-refractivity contribution >= 4 is 17.0 Å². The van der Waals surface area contributed by atoms with Crippen molar-refractivity contribution in [2.75, 3.05) is 5.32 Å². The van der Waals surface area contributed by atoms with Gasteiger partial charge in [0.2, 0.25) is 0 Å². The highest BCUT2D eigenvalue weighted by atomic mass is 32.1. The first-order chi connectivity index (χ1) is 6.84.